The highest BCUT2D eigenvalue weighted by molar-refractivity contribution is 5.61. The van der Waals surface area contributed by atoms with Crippen molar-refractivity contribution in [2.24, 2.45) is 0 Å². The van der Waals surface area contributed by atoms with E-state index in [2.05, 4.69) is 28.6 Å². The number of nitrogens with zero attached hydrogens (tertiary/aromatic N) is 2. The van der Waals surface area contributed by atoms with Gasteiger partial charge in [0.05, 0.1) is 12.7 Å². The van der Waals surface area contributed by atoms with Crippen LogP contribution in [0.4, 0.5) is 0 Å². The molecule has 3 aromatic rings. The molecule has 0 saturated carbocycles. The van der Waals surface area contributed by atoms with Crippen molar-refractivity contribution in [3.8, 4) is 11.1 Å². The van der Waals surface area contributed by atoms with Gasteiger partial charge in [0.25, 0.3) is 0 Å². The second kappa shape index (κ2) is 5.97. The molecule has 4 heteroatoms. The van der Waals surface area contributed by atoms with Crippen molar-refractivity contribution < 1.29 is 4.42 Å². The van der Waals surface area contributed by atoms with Crippen LogP contribution >= 0.6 is 0 Å². The van der Waals surface area contributed by atoms with Gasteiger partial charge < -0.3 is 9.73 Å². The Balaban J connectivity index is 1.77. The molecule has 0 bridgehead atoms. The van der Waals surface area contributed by atoms with Gasteiger partial charge in [0.1, 0.15) is 11.5 Å². The fraction of sp³-hybridized carbons (Fsp3) is 0.235. The Morgan fingerprint density at radius 1 is 1.19 bits per heavy atom. The van der Waals surface area contributed by atoms with Gasteiger partial charge in [0.15, 0.2) is 0 Å². The topological polar surface area (TPSA) is 43.0 Å². The molecule has 0 spiro atoms. The zero-order valence-electron chi connectivity index (χ0n) is 12.3. The maximum absolute atomic E-state index is 5.79. The van der Waals surface area contributed by atoms with E-state index >= 15 is 0 Å². The maximum Gasteiger partial charge on any atom is 0.125 e. The van der Waals surface area contributed by atoms with Gasteiger partial charge in [-0.3, -0.25) is 4.68 Å². The van der Waals surface area contributed by atoms with Gasteiger partial charge in [-0.15, -0.1) is 0 Å². The van der Waals surface area contributed by atoms with Crippen LogP contribution in [0.5, 0.6) is 0 Å². The molecule has 0 saturated heterocycles. The molecule has 1 aromatic carbocycles. The molecular weight excluding hydrogens is 262 g/mol. The molecule has 0 aliphatic heterocycles. The second-order valence-electron chi connectivity index (χ2n) is 5.12. The lowest BCUT2D eigenvalue weighted by Gasteiger charge is -1.97. The predicted octanol–water partition coefficient (Wildman–Crippen LogP) is 3.22. The van der Waals surface area contributed by atoms with Gasteiger partial charge in [0.2, 0.25) is 0 Å². The third-order valence-electron chi connectivity index (χ3n) is 3.50. The first-order valence-corrected chi connectivity index (χ1v) is 7.07. The molecule has 2 aromatic heterocycles. The van der Waals surface area contributed by atoms with Gasteiger partial charge in [-0.25, -0.2) is 0 Å². The molecule has 0 radical (unpaired) electrons. The number of aromatic nitrogens is 2. The normalized spacial score (nSPS) is 11.0. The van der Waals surface area contributed by atoms with E-state index in [1.807, 2.05) is 49.2 Å². The fourth-order valence-corrected chi connectivity index (χ4v) is 2.42. The van der Waals surface area contributed by atoms with Crippen molar-refractivity contribution in [3.05, 3.63) is 65.9 Å². The van der Waals surface area contributed by atoms with E-state index in [0.29, 0.717) is 6.54 Å². The molecule has 1 N–H and O–H groups in total. The molecule has 108 valence electrons. The molecule has 3 rings (SSSR count). The summed E-state index contributed by atoms with van der Waals surface area (Å²) in [7, 11) is 1.94. The zero-order chi connectivity index (χ0) is 14.7. The Hall–Kier alpha value is -2.33. The largest absolute Gasteiger partial charge is 0.464 e. The van der Waals surface area contributed by atoms with Crippen LogP contribution in [0.25, 0.3) is 11.1 Å². The second-order valence-corrected chi connectivity index (χ2v) is 5.12. The van der Waals surface area contributed by atoms with Crippen molar-refractivity contribution >= 4 is 0 Å². The summed E-state index contributed by atoms with van der Waals surface area (Å²) in [5.41, 5.74) is 3.49. The van der Waals surface area contributed by atoms with Gasteiger partial charge in [-0.2, -0.15) is 5.10 Å². The average molecular weight is 281 g/mol. The number of furan rings is 1. The molecule has 0 fully saturated rings. The molecule has 0 unspecified atom stereocenters. The Labute approximate surface area is 124 Å². The summed E-state index contributed by atoms with van der Waals surface area (Å²) < 4.78 is 7.69. The van der Waals surface area contributed by atoms with E-state index in [1.165, 1.54) is 11.1 Å². The molecule has 0 amide bonds. The minimum atomic E-state index is 0.650. The molecule has 0 atom stereocenters. The van der Waals surface area contributed by atoms with E-state index < -0.39 is 0 Å². The van der Waals surface area contributed by atoms with Gasteiger partial charge in [-0.1, -0.05) is 30.3 Å². The molecule has 21 heavy (non-hydrogen) atoms. The summed E-state index contributed by atoms with van der Waals surface area (Å²) in [6, 6.07) is 12.4. The Morgan fingerprint density at radius 3 is 2.76 bits per heavy atom. The highest BCUT2D eigenvalue weighted by Crippen LogP contribution is 2.19. The summed E-state index contributed by atoms with van der Waals surface area (Å²) in [5, 5.41) is 7.56. The number of nitrogens with one attached hydrogen (secondary N) is 1. The summed E-state index contributed by atoms with van der Waals surface area (Å²) in [4.78, 5) is 0. The van der Waals surface area contributed by atoms with Crippen LogP contribution in [-0.2, 0) is 13.1 Å². The van der Waals surface area contributed by atoms with Crippen LogP contribution < -0.4 is 5.32 Å². The van der Waals surface area contributed by atoms with Crippen molar-refractivity contribution in [1.82, 2.24) is 15.1 Å². The monoisotopic (exact) mass is 281 g/mol. The summed E-state index contributed by atoms with van der Waals surface area (Å²) in [6.45, 7) is 3.47. The average Bonchev–Trinajstić information content (AvgIpc) is 3.08. The first-order chi connectivity index (χ1) is 10.3. The standard InChI is InChI=1S/C17H19N3O/c1-13-15(9-18-2)8-17(21-13)12-20-11-16(10-19-20)14-6-4-3-5-7-14/h3-8,10-11,18H,9,12H2,1-2H3. The number of hydrogen-bond donors (Lipinski definition) is 1. The lowest BCUT2D eigenvalue weighted by molar-refractivity contribution is 0.457. The van der Waals surface area contributed by atoms with E-state index in [9.17, 15) is 0 Å². The van der Waals surface area contributed by atoms with Crippen LogP contribution in [0, 0.1) is 6.92 Å². The molecular formula is C17H19N3O. The van der Waals surface area contributed by atoms with Crippen LogP contribution in [0.1, 0.15) is 17.1 Å². The molecule has 4 nitrogen and oxygen atoms in total. The summed E-state index contributed by atoms with van der Waals surface area (Å²) >= 11 is 0. The van der Waals surface area contributed by atoms with Crippen LogP contribution in [0.2, 0.25) is 0 Å². The summed E-state index contributed by atoms with van der Waals surface area (Å²) in [6.07, 6.45) is 3.94. The van der Waals surface area contributed by atoms with Crippen molar-refractivity contribution in [3.63, 3.8) is 0 Å². The van der Waals surface area contributed by atoms with Gasteiger partial charge in [0, 0.05) is 23.9 Å². The first kappa shape index (κ1) is 13.6. The van der Waals surface area contributed by atoms with Crippen molar-refractivity contribution in [2.45, 2.75) is 20.0 Å². The lowest BCUT2D eigenvalue weighted by Crippen LogP contribution is -2.04. The molecule has 2 heterocycles. The van der Waals surface area contributed by atoms with Crippen molar-refractivity contribution in [2.75, 3.05) is 7.05 Å². The lowest BCUT2D eigenvalue weighted by atomic mass is 10.1. The Bertz CT molecular complexity index is 713. The quantitative estimate of drug-likeness (QED) is 0.781. The summed E-state index contributed by atoms with van der Waals surface area (Å²) in [5.74, 6) is 1.90. The third kappa shape index (κ3) is 3.06. The molecule has 0 aliphatic carbocycles. The SMILES string of the molecule is CNCc1cc(Cn2cc(-c3ccccc3)cn2)oc1C. The zero-order valence-corrected chi connectivity index (χ0v) is 12.3. The third-order valence-corrected chi connectivity index (χ3v) is 3.50. The highest BCUT2D eigenvalue weighted by Gasteiger charge is 2.08. The van der Waals surface area contributed by atoms with Crippen LogP contribution in [0.3, 0.4) is 0 Å². The predicted molar refractivity (Wildman–Crippen MR) is 83.0 cm³/mol. The van der Waals surface area contributed by atoms with E-state index in [4.69, 9.17) is 4.42 Å². The van der Waals surface area contributed by atoms with Gasteiger partial charge >= 0.3 is 0 Å². The van der Waals surface area contributed by atoms with Crippen LogP contribution in [-0.4, -0.2) is 16.8 Å². The first-order valence-electron chi connectivity index (χ1n) is 7.07. The number of benzene rings is 1. The van der Waals surface area contributed by atoms with Crippen molar-refractivity contribution in [1.29, 1.82) is 0 Å². The number of aryl methyl sites for hydroxylation is 1. The van der Waals surface area contributed by atoms with Gasteiger partial charge in [-0.05, 0) is 25.6 Å². The Kier molecular flexibility index (Phi) is 3.88. The Morgan fingerprint density at radius 2 is 2.00 bits per heavy atom. The van der Waals surface area contributed by atoms with E-state index in [0.717, 1.165) is 23.6 Å². The number of hydrogen-bond acceptors (Lipinski definition) is 3. The number of rotatable bonds is 5. The maximum atomic E-state index is 5.79. The molecule has 0 aliphatic rings. The smallest absolute Gasteiger partial charge is 0.125 e. The van der Waals surface area contributed by atoms with E-state index in [1.54, 1.807) is 0 Å². The minimum absolute atomic E-state index is 0.650. The fourth-order valence-electron chi connectivity index (χ4n) is 2.42. The van der Waals surface area contributed by atoms with Crippen LogP contribution in [0.15, 0.2) is 53.2 Å². The highest BCUT2D eigenvalue weighted by atomic mass is 16.3. The minimum Gasteiger partial charge on any atom is -0.464 e. The van der Waals surface area contributed by atoms with E-state index in [-0.39, 0.29) is 0 Å².